The Hall–Kier alpha value is -1.10. The molecular weight excluding hydrogens is 198 g/mol. The third kappa shape index (κ3) is 6.06. The van der Waals surface area contributed by atoms with Crippen molar-refractivity contribution in [2.45, 2.75) is 26.7 Å². The molecule has 5 heteroatoms. The third-order valence-electron chi connectivity index (χ3n) is 1.95. The van der Waals surface area contributed by atoms with Gasteiger partial charge in [-0.3, -0.25) is 9.59 Å². The molecule has 0 aliphatic rings. The van der Waals surface area contributed by atoms with E-state index in [-0.39, 0.29) is 31.3 Å². The van der Waals surface area contributed by atoms with Gasteiger partial charge in [0.2, 0.25) is 5.91 Å². The summed E-state index contributed by atoms with van der Waals surface area (Å²) >= 11 is 0. The predicted molar refractivity (Wildman–Crippen MR) is 55.2 cm³/mol. The summed E-state index contributed by atoms with van der Waals surface area (Å²) in [6.07, 6.45) is 0.251. The van der Waals surface area contributed by atoms with Crippen molar-refractivity contribution in [3.63, 3.8) is 0 Å². The van der Waals surface area contributed by atoms with Gasteiger partial charge in [-0.2, -0.15) is 0 Å². The Morgan fingerprint density at radius 3 is 2.40 bits per heavy atom. The molecule has 5 nitrogen and oxygen atoms in total. The highest BCUT2D eigenvalue weighted by Crippen LogP contribution is 1.99. The van der Waals surface area contributed by atoms with Crippen LogP contribution < -0.4 is 0 Å². The van der Waals surface area contributed by atoms with Gasteiger partial charge in [0, 0.05) is 19.5 Å². The molecular formula is C10H19NO4. The molecule has 0 aromatic carbocycles. The molecule has 1 amide bonds. The van der Waals surface area contributed by atoms with Crippen molar-refractivity contribution in [3.05, 3.63) is 0 Å². The van der Waals surface area contributed by atoms with Gasteiger partial charge in [-0.1, -0.05) is 0 Å². The molecule has 0 aliphatic heterocycles. The minimum Gasteiger partial charge on any atom is -0.466 e. The van der Waals surface area contributed by atoms with Crippen LogP contribution in [0.15, 0.2) is 0 Å². The first kappa shape index (κ1) is 13.9. The minimum absolute atomic E-state index is 0.0566. The van der Waals surface area contributed by atoms with E-state index < -0.39 is 0 Å². The molecule has 0 unspecified atom stereocenters. The van der Waals surface area contributed by atoms with Crippen LogP contribution in [0.2, 0.25) is 0 Å². The van der Waals surface area contributed by atoms with Crippen LogP contribution in [-0.2, 0) is 14.3 Å². The smallest absolute Gasteiger partial charge is 0.306 e. The van der Waals surface area contributed by atoms with Gasteiger partial charge < -0.3 is 14.7 Å². The van der Waals surface area contributed by atoms with Gasteiger partial charge >= 0.3 is 5.97 Å². The van der Waals surface area contributed by atoms with E-state index in [1.165, 1.54) is 4.90 Å². The summed E-state index contributed by atoms with van der Waals surface area (Å²) in [5.41, 5.74) is 0. The molecule has 15 heavy (non-hydrogen) atoms. The molecule has 0 aromatic heterocycles. The molecule has 0 spiro atoms. The predicted octanol–water partition coefficient (Wildman–Crippen LogP) is 0.171. The SMILES string of the molecule is CCOC(=O)CCC(=O)N(CC)CCO. The number of carbonyl (C=O) groups is 2. The molecule has 0 radical (unpaired) electrons. The molecule has 0 aromatic rings. The first-order valence-electron chi connectivity index (χ1n) is 5.19. The number of nitrogens with zero attached hydrogens (tertiary/aromatic N) is 1. The van der Waals surface area contributed by atoms with Crippen LogP contribution in [0, 0.1) is 0 Å². The zero-order valence-corrected chi connectivity index (χ0v) is 9.36. The number of amides is 1. The Bertz CT molecular complexity index is 206. The average molecular weight is 217 g/mol. The molecule has 0 saturated carbocycles. The summed E-state index contributed by atoms with van der Waals surface area (Å²) < 4.78 is 4.71. The highest BCUT2D eigenvalue weighted by atomic mass is 16.5. The molecule has 0 heterocycles. The molecule has 0 rings (SSSR count). The van der Waals surface area contributed by atoms with Gasteiger partial charge in [-0.05, 0) is 13.8 Å². The van der Waals surface area contributed by atoms with E-state index in [4.69, 9.17) is 9.84 Å². The van der Waals surface area contributed by atoms with Crippen LogP contribution in [-0.4, -0.2) is 48.2 Å². The minimum atomic E-state index is -0.356. The number of aliphatic hydroxyl groups is 1. The van der Waals surface area contributed by atoms with Gasteiger partial charge in [-0.15, -0.1) is 0 Å². The Balaban J connectivity index is 3.84. The first-order chi connectivity index (χ1) is 7.15. The number of carbonyl (C=O) groups excluding carboxylic acids is 2. The van der Waals surface area contributed by atoms with Crippen molar-refractivity contribution in [2.24, 2.45) is 0 Å². The largest absolute Gasteiger partial charge is 0.466 e. The molecule has 0 atom stereocenters. The first-order valence-corrected chi connectivity index (χ1v) is 5.19. The van der Waals surface area contributed by atoms with Crippen LogP contribution in [0.4, 0.5) is 0 Å². The number of rotatable bonds is 7. The average Bonchev–Trinajstić information content (AvgIpc) is 2.23. The van der Waals surface area contributed by atoms with E-state index in [1.807, 2.05) is 6.92 Å². The fourth-order valence-corrected chi connectivity index (χ4v) is 1.18. The normalized spacial score (nSPS) is 9.80. The molecule has 0 aliphatic carbocycles. The van der Waals surface area contributed by atoms with Crippen molar-refractivity contribution in [3.8, 4) is 0 Å². The van der Waals surface area contributed by atoms with Crippen LogP contribution >= 0.6 is 0 Å². The van der Waals surface area contributed by atoms with Gasteiger partial charge in [0.15, 0.2) is 0 Å². The molecule has 0 fully saturated rings. The summed E-state index contributed by atoms with van der Waals surface area (Å²) in [5, 5.41) is 8.69. The Labute approximate surface area is 90.0 Å². The number of esters is 1. The zero-order valence-electron chi connectivity index (χ0n) is 9.36. The van der Waals surface area contributed by atoms with Crippen molar-refractivity contribution in [1.82, 2.24) is 4.90 Å². The number of hydrogen-bond acceptors (Lipinski definition) is 4. The Morgan fingerprint density at radius 1 is 1.27 bits per heavy atom. The van der Waals surface area contributed by atoms with E-state index in [0.717, 1.165) is 0 Å². The van der Waals surface area contributed by atoms with Gasteiger partial charge in [0.25, 0.3) is 0 Å². The summed E-state index contributed by atoms with van der Waals surface area (Å²) in [7, 11) is 0. The Morgan fingerprint density at radius 2 is 1.93 bits per heavy atom. The van der Waals surface area contributed by atoms with Gasteiger partial charge in [0.1, 0.15) is 0 Å². The number of hydrogen-bond donors (Lipinski definition) is 1. The molecule has 1 N–H and O–H groups in total. The van der Waals surface area contributed by atoms with E-state index in [1.54, 1.807) is 6.92 Å². The van der Waals surface area contributed by atoms with Gasteiger partial charge in [-0.25, -0.2) is 0 Å². The number of ether oxygens (including phenoxy) is 1. The zero-order chi connectivity index (χ0) is 11.7. The molecule has 0 bridgehead atoms. The van der Waals surface area contributed by atoms with Crippen LogP contribution in [0.1, 0.15) is 26.7 Å². The second kappa shape index (κ2) is 8.23. The maximum absolute atomic E-state index is 11.5. The van der Waals surface area contributed by atoms with E-state index in [0.29, 0.717) is 19.7 Å². The summed E-state index contributed by atoms with van der Waals surface area (Å²) in [5.74, 6) is -0.481. The van der Waals surface area contributed by atoms with E-state index in [2.05, 4.69) is 0 Å². The Kier molecular flexibility index (Phi) is 7.62. The lowest BCUT2D eigenvalue weighted by Crippen LogP contribution is -2.33. The molecule has 0 saturated heterocycles. The van der Waals surface area contributed by atoms with Gasteiger partial charge in [0.05, 0.1) is 19.6 Å². The molecule has 88 valence electrons. The fourth-order valence-electron chi connectivity index (χ4n) is 1.18. The van der Waals surface area contributed by atoms with Crippen molar-refractivity contribution < 1.29 is 19.4 Å². The lowest BCUT2D eigenvalue weighted by Gasteiger charge is -2.19. The standard InChI is InChI=1S/C10H19NO4/c1-3-11(7-8-12)9(13)5-6-10(14)15-4-2/h12H,3-8H2,1-2H3. The van der Waals surface area contributed by atoms with Crippen molar-refractivity contribution in [2.75, 3.05) is 26.3 Å². The fraction of sp³-hybridized carbons (Fsp3) is 0.800. The van der Waals surface area contributed by atoms with Crippen LogP contribution in [0.5, 0.6) is 0 Å². The van der Waals surface area contributed by atoms with Crippen molar-refractivity contribution in [1.29, 1.82) is 0 Å². The second-order valence-corrected chi connectivity index (χ2v) is 3.00. The summed E-state index contributed by atoms with van der Waals surface area (Å²) in [6, 6.07) is 0. The topological polar surface area (TPSA) is 66.8 Å². The quantitative estimate of drug-likeness (QED) is 0.617. The monoisotopic (exact) mass is 217 g/mol. The van der Waals surface area contributed by atoms with E-state index in [9.17, 15) is 9.59 Å². The number of aliphatic hydroxyl groups excluding tert-OH is 1. The third-order valence-corrected chi connectivity index (χ3v) is 1.95. The lowest BCUT2D eigenvalue weighted by molar-refractivity contribution is -0.145. The highest BCUT2D eigenvalue weighted by Gasteiger charge is 2.13. The lowest BCUT2D eigenvalue weighted by atomic mass is 10.2. The number of likely N-dealkylation sites (N-methyl/N-ethyl adjacent to an activating group) is 1. The van der Waals surface area contributed by atoms with Crippen LogP contribution in [0.3, 0.4) is 0 Å². The maximum Gasteiger partial charge on any atom is 0.306 e. The van der Waals surface area contributed by atoms with E-state index >= 15 is 0 Å². The van der Waals surface area contributed by atoms with Crippen LogP contribution in [0.25, 0.3) is 0 Å². The van der Waals surface area contributed by atoms with Crippen molar-refractivity contribution >= 4 is 11.9 Å². The second-order valence-electron chi connectivity index (χ2n) is 3.00. The summed E-state index contributed by atoms with van der Waals surface area (Å²) in [4.78, 5) is 24.0. The highest BCUT2D eigenvalue weighted by molar-refractivity contribution is 5.81. The maximum atomic E-state index is 11.5. The summed E-state index contributed by atoms with van der Waals surface area (Å²) in [6.45, 7) is 4.70.